The first-order chi connectivity index (χ1) is 10.1. The topological polar surface area (TPSA) is 91.6 Å². The largest absolute Gasteiger partial charge is 0.350 e. The number of rotatable bonds is 5. The number of aromatic nitrogens is 1. The van der Waals surface area contributed by atoms with Crippen molar-refractivity contribution in [2.75, 3.05) is 39.8 Å². The van der Waals surface area contributed by atoms with Crippen molar-refractivity contribution >= 4 is 23.2 Å². The van der Waals surface area contributed by atoms with Crippen LogP contribution < -0.4 is 11.1 Å². The van der Waals surface area contributed by atoms with Gasteiger partial charge >= 0.3 is 0 Å². The van der Waals surface area contributed by atoms with Crippen molar-refractivity contribution in [3.63, 3.8) is 0 Å². The van der Waals surface area contributed by atoms with Crippen LogP contribution in [0.3, 0.4) is 0 Å². The Morgan fingerprint density at radius 1 is 1.38 bits per heavy atom. The van der Waals surface area contributed by atoms with E-state index < -0.39 is 0 Å². The van der Waals surface area contributed by atoms with E-state index in [1.807, 2.05) is 11.9 Å². The normalized spacial score (nSPS) is 16.0. The first-order valence-corrected chi connectivity index (χ1v) is 7.87. The van der Waals surface area contributed by atoms with Gasteiger partial charge in [0.2, 0.25) is 5.91 Å². The molecule has 0 spiro atoms. The molecule has 1 aliphatic heterocycles. The van der Waals surface area contributed by atoms with E-state index in [2.05, 4.69) is 15.2 Å². The lowest BCUT2D eigenvalue weighted by atomic mass is 10.3. The maximum absolute atomic E-state index is 12.0. The second-order valence-electron chi connectivity index (χ2n) is 5.02. The van der Waals surface area contributed by atoms with E-state index >= 15 is 0 Å². The highest BCUT2D eigenvalue weighted by Gasteiger charge is 2.19. The first kappa shape index (κ1) is 15.9. The fraction of sp³-hybridized carbons (Fsp3) is 0.615. The molecule has 7 nitrogen and oxygen atoms in total. The van der Waals surface area contributed by atoms with Crippen LogP contribution in [0.4, 0.5) is 0 Å². The zero-order valence-electron chi connectivity index (χ0n) is 12.2. The van der Waals surface area contributed by atoms with Gasteiger partial charge in [-0.05, 0) is 7.05 Å². The molecule has 116 valence electrons. The number of carbonyl (C=O) groups excluding carboxylic acids is 2. The minimum Gasteiger partial charge on any atom is -0.350 e. The molecule has 21 heavy (non-hydrogen) atoms. The van der Waals surface area contributed by atoms with Crippen LogP contribution >= 0.6 is 11.3 Å². The van der Waals surface area contributed by atoms with Gasteiger partial charge in [0.05, 0.1) is 0 Å². The Kier molecular flexibility index (Phi) is 5.66. The maximum Gasteiger partial charge on any atom is 0.270 e. The Bertz CT molecular complexity index is 497. The molecule has 0 aliphatic carbocycles. The van der Waals surface area contributed by atoms with Gasteiger partial charge in [0.25, 0.3) is 5.91 Å². The molecule has 0 atom stereocenters. The summed E-state index contributed by atoms with van der Waals surface area (Å²) in [6.45, 7) is 3.99. The van der Waals surface area contributed by atoms with Crippen LogP contribution in [0, 0.1) is 0 Å². The first-order valence-electron chi connectivity index (χ1n) is 6.99. The number of carbonyl (C=O) groups is 2. The van der Waals surface area contributed by atoms with E-state index in [-0.39, 0.29) is 11.8 Å². The van der Waals surface area contributed by atoms with E-state index in [1.165, 1.54) is 11.3 Å². The van der Waals surface area contributed by atoms with Crippen molar-refractivity contribution in [3.8, 4) is 0 Å². The molecule has 2 rings (SSSR count). The third-order valence-corrected chi connectivity index (χ3v) is 4.31. The van der Waals surface area contributed by atoms with Crippen molar-refractivity contribution < 1.29 is 9.59 Å². The maximum atomic E-state index is 12.0. The molecular formula is C13H21N5O2S. The van der Waals surface area contributed by atoms with Crippen molar-refractivity contribution in [1.29, 1.82) is 0 Å². The molecule has 2 heterocycles. The van der Waals surface area contributed by atoms with Crippen molar-refractivity contribution in [2.24, 2.45) is 5.73 Å². The van der Waals surface area contributed by atoms with Gasteiger partial charge < -0.3 is 20.9 Å². The van der Waals surface area contributed by atoms with E-state index in [9.17, 15) is 9.59 Å². The van der Waals surface area contributed by atoms with Gasteiger partial charge in [-0.15, -0.1) is 11.3 Å². The second kappa shape index (κ2) is 7.48. The molecule has 0 radical (unpaired) electrons. The van der Waals surface area contributed by atoms with Crippen LogP contribution in [0.15, 0.2) is 5.38 Å². The molecule has 0 aromatic carbocycles. The van der Waals surface area contributed by atoms with Gasteiger partial charge in [-0.2, -0.15) is 0 Å². The summed E-state index contributed by atoms with van der Waals surface area (Å²) in [4.78, 5) is 32.0. The quantitative estimate of drug-likeness (QED) is 0.764. The number of nitrogens with zero attached hydrogens (tertiary/aromatic N) is 3. The predicted octanol–water partition coefficient (Wildman–Crippen LogP) is -0.504. The lowest BCUT2D eigenvalue weighted by Crippen LogP contribution is -2.47. The molecule has 8 heteroatoms. The molecule has 0 saturated carbocycles. The van der Waals surface area contributed by atoms with Gasteiger partial charge in [0.1, 0.15) is 10.7 Å². The number of likely N-dealkylation sites (N-methyl/N-ethyl adjacent to an activating group) is 1. The number of hydrogen-bond donors (Lipinski definition) is 2. The fourth-order valence-electron chi connectivity index (χ4n) is 2.10. The smallest absolute Gasteiger partial charge is 0.270 e. The molecule has 2 amide bonds. The third-order valence-electron chi connectivity index (χ3n) is 3.44. The Morgan fingerprint density at radius 2 is 2.10 bits per heavy atom. The highest BCUT2D eigenvalue weighted by Crippen LogP contribution is 2.08. The predicted molar refractivity (Wildman–Crippen MR) is 81.0 cm³/mol. The summed E-state index contributed by atoms with van der Waals surface area (Å²) in [5.74, 6) is -0.165. The van der Waals surface area contributed by atoms with Gasteiger partial charge in [0, 0.05) is 51.1 Å². The van der Waals surface area contributed by atoms with E-state index in [0.717, 1.165) is 31.2 Å². The van der Waals surface area contributed by atoms with Crippen LogP contribution in [0.25, 0.3) is 0 Å². The van der Waals surface area contributed by atoms with Crippen molar-refractivity contribution in [1.82, 2.24) is 20.1 Å². The van der Waals surface area contributed by atoms with E-state index in [1.54, 1.807) is 5.38 Å². The molecule has 1 saturated heterocycles. The van der Waals surface area contributed by atoms with Gasteiger partial charge in [-0.3, -0.25) is 9.59 Å². The van der Waals surface area contributed by atoms with Gasteiger partial charge in [-0.1, -0.05) is 0 Å². The molecule has 0 bridgehead atoms. The Hall–Kier alpha value is -1.51. The average Bonchev–Trinajstić information content (AvgIpc) is 2.96. The average molecular weight is 311 g/mol. The van der Waals surface area contributed by atoms with Crippen LogP contribution in [-0.2, 0) is 11.3 Å². The summed E-state index contributed by atoms with van der Waals surface area (Å²) < 4.78 is 0. The highest BCUT2D eigenvalue weighted by molar-refractivity contribution is 7.09. The molecule has 1 aromatic rings. The number of hydrogen-bond acceptors (Lipinski definition) is 6. The SMILES string of the molecule is CN1CCN(C(=O)CCNC(=O)c2csc(CN)n2)CC1. The molecule has 3 N–H and O–H groups in total. The van der Waals surface area contributed by atoms with E-state index in [4.69, 9.17) is 5.73 Å². The summed E-state index contributed by atoms with van der Waals surface area (Å²) in [5.41, 5.74) is 5.83. The minimum atomic E-state index is -0.253. The number of nitrogens with one attached hydrogen (secondary N) is 1. The molecule has 1 aromatic heterocycles. The van der Waals surface area contributed by atoms with Gasteiger partial charge in [-0.25, -0.2) is 4.98 Å². The zero-order valence-corrected chi connectivity index (χ0v) is 13.0. The standard InChI is InChI=1S/C13H21N5O2S/c1-17-4-6-18(7-5-17)12(19)2-3-15-13(20)10-9-21-11(8-14)16-10/h9H,2-8,14H2,1H3,(H,15,20). The Labute approximate surface area is 128 Å². The summed E-state index contributed by atoms with van der Waals surface area (Å²) in [5, 5.41) is 5.13. The highest BCUT2D eigenvalue weighted by atomic mass is 32.1. The van der Waals surface area contributed by atoms with Crippen LogP contribution in [0.2, 0.25) is 0 Å². The summed E-state index contributed by atoms with van der Waals surface area (Å²) in [6, 6.07) is 0. The summed E-state index contributed by atoms with van der Waals surface area (Å²) in [6.07, 6.45) is 0.323. The van der Waals surface area contributed by atoms with Crippen molar-refractivity contribution in [2.45, 2.75) is 13.0 Å². The van der Waals surface area contributed by atoms with Gasteiger partial charge in [0.15, 0.2) is 0 Å². The fourth-order valence-corrected chi connectivity index (χ4v) is 2.75. The lowest BCUT2D eigenvalue weighted by molar-refractivity contribution is -0.132. The molecule has 0 unspecified atom stereocenters. The van der Waals surface area contributed by atoms with Crippen LogP contribution in [0.5, 0.6) is 0 Å². The molecule has 1 aliphatic rings. The Balaban J connectivity index is 1.71. The number of piperazine rings is 1. The number of nitrogens with two attached hydrogens (primary N) is 1. The van der Waals surface area contributed by atoms with E-state index in [0.29, 0.717) is 25.2 Å². The molecular weight excluding hydrogens is 290 g/mol. The zero-order chi connectivity index (χ0) is 15.2. The molecule has 1 fully saturated rings. The number of thiazole rings is 1. The summed E-state index contributed by atoms with van der Waals surface area (Å²) >= 11 is 1.36. The Morgan fingerprint density at radius 3 is 2.71 bits per heavy atom. The van der Waals surface area contributed by atoms with Crippen LogP contribution in [-0.4, -0.2) is 66.4 Å². The monoisotopic (exact) mass is 311 g/mol. The number of amides is 2. The second-order valence-corrected chi connectivity index (χ2v) is 5.96. The lowest BCUT2D eigenvalue weighted by Gasteiger charge is -2.32. The minimum absolute atomic E-state index is 0.0873. The van der Waals surface area contributed by atoms with Crippen molar-refractivity contribution in [3.05, 3.63) is 16.1 Å². The summed E-state index contributed by atoms with van der Waals surface area (Å²) in [7, 11) is 2.05. The van der Waals surface area contributed by atoms with Crippen LogP contribution in [0.1, 0.15) is 21.9 Å². The third kappa shape index (κ3) is 4.48.